The minimum atomic E-state index is -0.392. The van der Waals surface area contributed by atoms with Crippen molar-refractivity contribution in [3.8, 4) is 0 Å². The van der Waals surface area contributed by atoms with Gasteiger partial charge in [0.2, 0.25) is 0 Å². The van der Waals surface area contributed by atoms with Crippen LogP contribution in [0.5, 0.6) is 0 Å². The molecule has 66 valence electrons. The van der Waals surface area contributed by atoms with Gasteiger partial charge in [0.1, 0.15) is 5.82 Å². The van der Waals surface area contributed by atoms with Crippen LogP contribution in [-0.4, -0.2) is 6.29 Å². The molecule has 13 heavy (non-hydrogen) atoms. The third kappa shape index (κ3) is 1.24. The first-order valence-corrected chi connectivity index (χ1v) is 4.80. The zero-order valence-electron chi connectivity index (χ0n) is 6.38. The van der Waals surface area contributed by atoms with Crippen LogP contribution in [0.25, 0.3) is 10.1 Å². The number of carbonyl (C=O) groups is 1. The van der Waals surface area contributed by atoms with Gasteiger partial charge in [-0.05, 0) is 17.5 Å². The molecule has 0 aliphatic heterocycles. The summed E-state index contributed by atoms with van der Waals surface area (Å²) in [6, 6.07) is 2.87. The van der Waals surface area contributed by atoms with Crippen molar-refractivity contribution in [3.63, 3.8) is 0 Å². The number of hydrogen-bond donors (Lipinski definition) is 0. The second kappa shape index (κ2) is 3.09. The van der Waals surface area contributed by atoms with Crippen molar-refractivity contribution >= 4 is 39.3 Å². The van der Waals surface area contributed by atoms with Crippen molar-refractivity contribution in [2.24, 2.45) is 0 Å². The summed E-state index contributed by atoms with van der Waals surface area (Å²) in [7, 11) is 0. The Labute approximate surface area is 82.7 Å². The van der Waals surface area contributed by atoms with Gasteiger partial charge in [0, 0.05) is 10.9 Å². The topological polar surface area (TPSA) is 17.1 Å². The van der Waals surface area contributed by atoms with Gasteiger partial charge in [-0.25, -0.2) is 4.39 Å². The van der Waals surface area contributed by atoms with Crippen LogP contribution in [0.3, 0.4) is 0 Å². The first kappa shape index (κ1) is 8.66. The lowest BCUT2D eigenvalue weighted by atomic mass is 10.2. The minimum Gasteiger partial charge on any atom is -0.298 e. The van der Waals surface area contributed by atoms with E-state index in [9.17, 15) is 9.18 Å². The van der Waals surface area contributed by atoms with Gasteiger partial charge in [-0.15, -0.1) is 11.3 Å². The van der Waals surface area contributed by atoms with E-state index in [1.54, 1.807) is 11.4 Å². The molecule has 1 nitrogen and oxygen atoms in total. The van der Waals surface area contributed by atoms with E-state index in [2.05, 4.69) is 0 Å². The van der Waals surface area contributed by atoms with Gasteiger partial charge >= 0.3 is 0 Å². The monoisotopic (exact) mass is 214 g/mol. The molecule has 0 aliphatic carbocycles. The second-order valence-electron chi connectivity index (χ2n) is 2.54. The van der Waals surface area contributed by atoms with Gasteiger partial charge in [-0.3, -0.25) is 4.79 Å². The van der Waals surface area contributed by atoms with Crippen LogP contribution in [0, 0.1) is 5.82 Å². The lowest BCUT2D eigenvalue weighted by Gasteiger charge is -1.98. The van der Waals surface area contributed by atoms with Crippen molar-refractivity contribution in [3.05, 3.63) is 33.9 Å². The molecule has 0 unspecified atom stereocenters. The number of halogens is 2. The van der Waals surface area contributed by atoms with E-state index in [1.807, 2.05) is 0 Å². The summed E-state index contributed by atoms with van der Waals surface area (Å²) in [6.45, 7) is 0. The summed E-state index contributed by atoms with van der Waals surface area (Å²) in [4.78, 5) is 10.5. The smallest absolute Gasteiger partial charge is 0.151 e. The van der Waals surface area contributed by atoms with Crippen molar-refractivity contribution in [2.45, 2.75) is 0 Å². The van der Waals surface area contributed by atoms with E-state index in [-0.39, 0.29) is 5.56 Å². The molecule has 0 atom stereocenters. The fourth-order valence-corrected chi connectivity index (χ4v) is 2.30. The normalized spacial score (nSPS) is 10.6. The van der Waals surface area contributed by atoms with Crippen LogP contribution in [-0.2, 0) is 0 Å². The Morgan fingerprint density at radius 2 is 2.31 bits per heavy atom. The molecule has 1 aromatic heterocycles. The van der Waals surface area contributed by atoms with Crippen molar-refractivity contribution in [2.75, 3.05) is 0 Å². The van der Waals surface area contributed by atoms with E-state index in [0.29, 0.717) is 21.4 Å². The minimum absolute atomic E-state index is 0.199. The molecule has 0 N–H and O–H groups in total. The Kier molecular flexibility index (Phi) is 2.06. The molecule has 1 heterocycles. The maximum Gasteiger partial charge on any atom is 0.151 e. The number of thiophene rings is 1. The lowest BCUT2D eigenvalue weighted by Crippen LogP contribution is -1.85. The molecule has 0 radical (unpaired) electrons. The highest BCUT2D eigenvalue weighted by molar-refractivity contribution is 7.17. The Hall–Kier alpha value is -0.930. The van der Waals surface area contributed by atoms with Gasteiger partial charge < -0.3 is 0 Å². The summed E-state index contributed by atoms with van der Waals surface area (Å²) in [5.41, 5.74) is 0.199. The molecule has 2 aromatic rings. The van der Waals surface area contributed by atoms with Gasteiger partial charge in [0.15, 0.2) is 6.29 Å². The lowest BCUT2D eigenvalue weighted by molar-refractivity contribution is 0.112. The first-order chi connectivity index (χ1) is 6.24. The number of aldehydes is 1. The number of carbonyl (C=O) groups excluding carboxylic acids is 1. The van der Waals surface area contributed by atoms with E-state index < -0.39 is 5.82 Å². The molecule has 0 aliphatic rings. The second-order valence-corrected chi connectivity index (χ2v) is 3.84. The molecular formula is C9H4ClFOS. The quantitative estimate of drug-likeness (QED) is 0.664. The highest BCUT2D eigenvalue weighted by atomic mass is 35.5. The zero-order chi connectivity index (χ0) is 9.42. The summed E-state index contributed by atoms with van der Waals surface area (Å²) >= 11 is 7.14. The fraction of sp³-hybridized carbons (Fsp3) is 0. The van der Waals surface area contributed by atoms with E-state index in [4.69, 9.17) is 11.6 Å². The van der Waals surface area contributed by atoms with Gasteiger partial charge in [0.25, 0.3) is 0 Å². The van der Waals surface area contributed by atoms with Gasteiger partial charge in [-0.2, -0.15) is 0 Å². The predicted molar refractivity (Wildman–Crippen MR) is 52.2 cm³/mol. The first-order valence-electron chi connectivity index (χ1n) is 3.54. The summed E-state index contributed by atoms with van der Waals surface area (Å²) in [5, 5.41) is 2.68. The van der Waals surface area contributed by atoms with Crippen LogP contribution in [0.1, 0.15) is 10.4 Å². The average molecular weight is 215 g/mol. The van der Waals surface area contributed by atoms with Crippen LogP contribution in [0.4, 0.5) is 4.39 Å². The molecule has 0 saturated heterocycles. The highest BCUT2D eigenvalue weighted by Gasteiger charge is 2.10. The number of fused-ring (bicyclic) bond motifs is 1. The number of hydrogen-bond acceptors (Lipinski definition) is 2. The molecule has 0 amide bonds. The van der Waals surface area contributed by atoms with E-state index >= 15 is 0 Å². The summed E-state index contributed by atoms with van der Waals surface area (Å²) < 4.78 is 13.7. The SMILES string of the molecule is O=Cc1cc(F)c2sccc2c1Cl. The molecule has 4 heteroatoms. The summed E-state index contributed by atoms with van der Waals surface area (Å²) in [5.74, 6) is -0.392. The Bertz CT molecular complexity index is 478. The summed E-state index contributed by atoms with van der Waals surface area (Å²) in [6.07, 6.45) is 0.558. The van der Waals surface area contributed by atoms with E-state index in [1.165, 1.54) is 11.3 Å². The van der Waals surface area contributed by atoms with Gasteiger partial charge in [-0.1, -0.05) is 11.6 Å². The molecule has 0 saturated carbocycles. The molecular weight excluding hydrogens is 211 g/mol. The zero-order valence-corrected chi connectivity index (χ0v) is 7.95. The van der Waals surface area contributed by atoms with Crippen LogP contribution < -0.4 is 0 Å². The number of rotatable bonds is 1. The third-order valence-electron chi connectivity index (χ3n) is 1.78. The Morgan fingerprint density at radius 3 is 3.00 bits per heavy atom. The Morgan fingerprint density at radius 1 is 1.54 bits per heavy atom. The third-order valence-corrected chi connectivity index (χ3v) is 3.13. The maximum absolute atomic E-state index is 13.2. The van der Waals surface area contributed by atoms with Crippen molar-refractivity contribution < 1.29 is 9.18 Å². The molecule has 0 spiro atoms. The van der Waals surface area contributed by atoms with Crippen LogP contribution in [0.2, 0.25) is 5.02 Å². The Balaban J connectivity index is 2.93. The van der Waals surface area contributed by atoms with Crippen LogP contribution >= 0.6 is 22.9 Å². The number of benzene rings is 1. The molecule has 0 fully saturated rings. The maximum atomic E-state index is 13.2. The van der Waals surface area contributed by atoms with Crippen molar-refractivity contribution in [1.29, 1.82) is 0 Å². The molecule has 0 bridgehead atoms. The fourth-order valence-electron chi connectivity index (χ4n) is 1.17. The molecule has 2 rings (SSSR count). The van der Waals surface area contributed by atoms with Crippen LogP contribution in [0.15, 0.2) is 17.5 Å². The average Bonchev–Trinajstić information content (AvgIpc) is 2.60. The van der Waals surface area contributed by atoms with E-state index in [0.717, 1.165) is 6.07 Å². The molecule has 1 aromatic carbocycles. The van der Waals surface area contributed by atoms with Crippen molar-refractivity contribution in [1.82, 2.24) is 0 Å². The van der Waals surface area contributed by atoms with Gasteiger partial charge in [0.05, 0.1) is 9.72 Å². The predicted octanol–water partition coefficient (Wildman–Crippen LogP) is 3.51. The largest absolute Gasteiger partial charge is 0.298 e. The standard InChI is InChI=1S/C9H4ClFOS/c10-8-5(4-12)3-7(11)9-6(8)1-2-13-9/h1-4H. The highest BCUT2D eigenvalue weighted by Crippen LogP contribution is 2.32.